The third-order valence-corrected chi connectivity index (χ3v) is 4.72. The summed E-state index contributed by atoms with van der Waals surface area (Å²) in [4.78, 5) is 35.9. The Bertz CT molecular complexity index is 754. The minimum absolute atomic E-state index is 0.0311. The van der Waals surface area contributed by atoms with Gasteiger partial charge in [-0.2, -0.15) is 13.2 Å². The lowest BCUT2D eigenvalue weighted by Gasteiger charge is -2.28. The Morgan fingerprint density at radius 2 is 1.83 bits per heavy atom. The van der Waals surface area contributed by atoms with Crippen molar-refractivity contribution in [1.29, 1.82) is 0 Å². The van der Waals surface area contributed by atoms with Crippen molar-refractivity contribution in [2.75, 3.05) is 31.1 Å². The molecule has 0 aliphatic carbocycles. The van der Waals surface area contributed by atoms with Gasteiger partial charge in [-0.15, -0.1) is 0 Å². The molecule has 3 rings (SSSR count). The number of halogens is 3. The molecule has 2 fully saturated rings. The van der Waals surface area contributed by atoms with Gasteiger partial charge in [0.1, 0.15) is 0 Å². The van der Waals surface area contributed by atoms with Crippen LogP contribution in [0.2, 0.25) is 0 Å². The molecule has 1 aromatic carbocycles. The van der Waals surface area contributed by atoms with Crippen molar-refractivity contribution in [2.24, 2.45) is 0 Å². The van der Waals surface area contributed by atoms with Gasteiger partial charge in [0.05, 0.1) is 12.5 Å². The lowest BCUT2D eigenvalue weighted by atomic mass is 9.97. The summed E-state index contributed by atoms with van der Waals surface area (Å²) in [5.74, 6) is -3.58. The first-order valence-corrected chi connectivity index (χ1v) is 8.91. The van der Waals surface area contributed by atoms with E-state index in [0.717, 1.165) is 30.9 Å². The standard InChI is InChI=1S/C16H21N3O3.C2HF3O2/c1-11(8-15(20)21)12-2-4-13(5-3-12)19-10-14-9-17-6-7-18(14)16(19)22;3-2(4,5)1(6)7/h2-5,11,14,17H,6-10H2,1H3,(H,20,21);(H,6,7)/t11?,14-;/m0./s1. The molecule has 1 unspecified atom stereocenters. The Labute approximate surface area is 164 Å². The van der Waals surface area contributed by atoms with E-state index in [-0.39, 0.29) is 24.4 Å². The van der Waals surface area contributed by atoms with Gasteiger partial charge in [-0.3, -0.25) is 9.69 Å². The van der Waals surface area contributed by atoms with Crippen molar-refractivity contribution >= 4 is 23.7 Å². The quantitative estimate of drug-likeness (QED) is 0.692. The number of urea groups is 1. The number of anilines is 1. The van der Waals surface area contributed by atoms with E-state index in [1.54, 1.807) is 0 Å². The van der Waals surface area contributed by atoms with Crippen LogP contribution in [0.4, 0.5) is 23.7 Å². The second-order valence-corrected chi connectivity index (χ2v) is 6.84. The number of alkyl halides is 3. The molecule has 8 nitrogen and oxygen atoms in total. The number of benzene rings is 1. The van der Waals surface area contributed by atoms with Crippen molar-refractivity contribution in [3.05, 3.63) is 29.8 Å². The minimum atomic E-state index is -5.08. The van der Waals surface area contributed by atoms with Crippen LogP contribution in [-0.2, 0) is 9.59 Å². The van der Waals surface area contributed by atoms with Crippen LogP contribution in [0.1, 0.15) is 24.8 Å². The highest BCUT2D eigenvalue weighted by molar-refractivity contribution is 5.94. The fourth-order valence-electron chi connectivity index (χ4n) is 3.20. The Morgan fingerprint density at radius 1 is 1.24 bits per heavy atom. The van der Waals surface area contributed by atoms with Crippen molar-refractivity contribution in [3.63, 3.8) is 0 Å². The average Bonchev–Trinajstić information content (AvgIpc) is 2.98. The monoisotopic (exact) mass is 417 g/mol. The topological polar surface area (TPSA) is 110 Å². The number of hydrogen-bond donors (Lipinski definition) is 3. The van der Waals surface area contributed by atoms with E-state index in [0.29, 0.717) is 6.54 Å². The zero-order valence-corrected chi connectivity index (χ0v) is 15.6. The third kappa shape index (κ3) is 5.83. The van der Waals surface area contributed by atoms with E-state index in [2.05, 4.69) is 5.32 Å². The van der Waals surface area contributed by atoms with Crippen LogP contribution in [0.5, 0.6) is 0 Å². The fourth-order valence-corrected chi connectivity index (χ4v) is 3.20. The molecule has 0 aromatic heterocycles. The molecule has 2 saturated heterocycles. The van der Waals surface area contributed by atoms with E-state index in [9.17, 15) is 22.8 Å². The smallest absolute Gasteiger partial charge is 0.481 e. The first-order chi connectivity index (χ1) is 13.5. The van der Waals surface area contributed by atoms with E-state index >= 15 is 0 Å². The molecule has 0 bridgehead atoms. The molecular weight excluding hydrogens is 395 g/mol. The van der Waals surface area contributed by atoms with Gasteiger partial charge in [0.2, 0.25) is 0 Å². The number of piperazine rings is 1. The molecule has 29 heavy (non-hydrogen) atoms. The van der Waals surface area contributed by atoms with Crippen LogP contribution in [-0.4, -0.2) is 71.5 Å². The fraction of sp³-hybridized carbons (Fsp3) is 0.500. The number of hydrogen-bond acceptors (Lipinski definition) is 4. The van der Waals surface area contributed by atoms with Gasteiger partial charge >= 0.3 is 24.1 Å². The van der Waals surface area contributed by atoms with Crippen molar-refractivity contribution < 1.29 is 37.8 Å². The first-order valence-electron chi connectivity index (χ1n) is 8.91. The van der Waals surface area contributed by atoms with E-state index < -0.39 is 18.1 Å². The van der Waals surface area contributed by atoms with Crippen LogP contribution in [0, 0.1) is 0 Å². The molecule has 0 radical (unpaired) electrons. The van der Waals surface area contributed by atoms with Crippen LogP contribution in [0.15, 0.2) is 24.3 Å². The average molecular weight is 417 g/mol. The first kappa shape index (κ1) is 22.5. The van der Waals surface area contributed by atoms with Crippen molar-refractivity contribution in [3.8, 4) is 0 Å². The van der Waals surface area contributed by atoms with Crippen molar-refractivity contribution in [2.45, 2.75) is 31.5 Å². The van der Waals surface area contributed by atoms with Crippen LogP contribution < -0.4 is 10.2 Å². The summed E-state index contributed by atoms with van der Waals surface area (Å²) >= 11 is 0. The predicted octanol–water partition coefficient (Wildman–Crippen LogP) is 2.11. The van der Waals surface area contributed by atoms with Gasteiger partial charge in [-0.25, -0.2) is 9.59 Å². The summed E-state index contributed by atoms with van der Waals surface area (Å²) in [6, 6.07) is 7.98. The SMILES string of the molecule is CC(CC(=O)O)c1ccc(N2C[C@@H]3CNCCN3C2=O)cc1.O=C(O)C(F)(F)F. The zero-order chi connectivity index (χ0) is 21.8. The maximum atomic E-state index is 12.5. The highest BCUT2D eigenvalue weighted by Crippen LogP contribution is 2.27. The molecular formula is C18H22F3N3O5. The van der Waals surface area contributed by atoms with Crippen LogP contribution >= 0.6 is 0 Å². The van der Waals surface area contributed by atoms with E-state index in [1.165, 1.54) is 0 Å². The number of nitrogens with one attached hydrogen (secondary N) is 1. The van der Waals surface area contributed by atoms with Crippen molar-refractivity contribution in [1.82, 2.24) is 10.2 Å². The highest BCUT2D eigenvalue weighted by atomic mass is 19.4. The minimum Gasteiger partial charge on any atom is -0.481 e. The van der Waals surface area contributed by atoms with Gasteiger partial charge in [0.25, 0.3) is 0 Å². The second kappa shape index (κ2) is 9.12. The van der Waals surface area contributed by atoms with Crippen LogP contribution in [0.25, 0.3) is 0 Å². The number of carbonyl (C=O) groups is 3. The van der Waals surface area contributed by atoms with E-state index in [1.807, 2.05) is 41.0 Å². The van der Waals surface area contributed by atoms with Crippen LogP contribution in [0.3, 0.4) is 0 Å². The lowest BCUT2D eigenvalue weighted by Crippen LogP contribution is -2.49. The third-order valence-electron chi connectivity index (χ3n) is 4.72. The summed E-state index contributed by atoms with van der Waals surface area (Å²) < 4.78 is 31.7. The summed E-state index contributed by atoms with van der Waals surface area (Å²) in [6.45, 7) is 5.05. The molecule has 11 heteroatoms. The largest absolute Gasteiger partial charge is 0.490 e. The zero-order valence-electron chi connectivity index (χ0n) is 15.6. The Kier molecular flexibility index (Phi) is 7.07. The number of carbonyl (C=O) groups excluding carboxylic acids is 1. The maximum absolute atomic E-state index is 12.5. The Balaban J connectivity index is 0.000000370. The number of amides is 2. The number of nitrogens with zero attached hydrogens (tertiary/aromatic N) is 2. The molecule has 2 aliphatic rings. The van der Waals surface area contributed by atoms with Gasteiger partial charge in [-0.05, 0) is 23.6 Å². The van der Waals surface area contributed by atoms with Gasteiger partial charge < -0.3 is 20.4 Å². The van der Waals surface area contributed by atoms with E-state index in [4.69, 9.17) is 15.0 Å². The summed E-state index contributed by atoms with van der Waals surface area (Å²) in [5, 5.41) is 19.3. The molecule has 0 spiro atoms. The molecule has 2 heterocycles. The molecule has 3 N–H and O–H groups in total. The number of carboxylic acids is 2. The normalized spacial score (nSPS) is 19.9. The number of fused-ring (bicyclic) bond motifs is 1. The molecule has 160 valence electrons. The predicted molar refractivity (Wildman–Crippen MR) is 96.9 cm³/mol. The molecule has 2 aliphatic heterocycles. The number of rotatable bonds is 4. The van der Waals surface area contributed by atoms with Gasteiger partial charge in [0.15, 0.2) is 0 Å². The highest BCUT2D eigenvalue weighted by Gasteiger charge is 2.39. The molecule has 1 aromatic rings. The molecule has 2 amide bonds. The van der Waals surface area contributed by atoms with Gasteiger partial charge in [0, 0.05) is 31.9 Å². The Morgan fingerprint density at radius 3 is 2.31 bits per heavy atom. The lowest BCUT2D eigenvalue weighted by molar-refractivity contribution is -0.192. The maximum Gasteiger partial charge on any atom is 0.490 e. The summed E-state index contributed by atoms with van der Waals surface area (Å²) in [6.07, 6.45) is -4.97. The summed E-state index contributed by atoms with van der Waals surface area (Å²) in [5.41, 5.74) is 1.86. The molecule has 0 saturated carbocycles. The number of carboxylic acid groups (broad SMARTS) is 2. The Hall–Kier alpha value is -2.82. The second-order valence-electron chi connectivity index (χ2n) is 6.84. The molecule has 2 atom stereocenters. The van der Waals surface area contributed by atoms with Gasteiger partial charge in [-0.1, -0.05) is 19.1 Å². The number of aliphatic carboxylic acids is 2. The summed E-state index contributed by atoms with van der Waals surface area (Å²) in [7, 11) is 0.